The number of methoxy groups -OCH3 is 4. The van der Waals surface area contributed by atoms with E-state index >= 15 is 0 Å². The molecule has 2 heterocycles. The van der Waals surface area contributed by atoms with Gasteiger partial charge in [0.1, 0.15) is 6.10 Å². The quantitative estimate of drug-likeness (QED) is 0.526. The summed E-state index contributed by atoms with van der Waals surface area (Å²) in [6, 6.07) is 9.12. The Kier molecular flexibility index (Phi) is 7.23. The van der Waals surface area contributed by atoms with Crippen LogP contribution in [-0.4, -0.2) is 68.2 Å². The van der Waals surface area contributed by atoms with Crippen LogP contribution in [-0.2, 0) is 17.8 Å². The van der Waals surface area contributed by atoms with Crippen LogP contribution < -0.4 is 18.9 Å². The molecule has 2 atom stereocenters. The highest BCUT2D eigenvalue weighted by molar-refractivity contribution is 6.12. The summed E-state index contributed by atoms with van der Waals surface area (Å²) in [6.45, 7) is 3.36. The standard InChI is InChI=1S/C24H27NO4.C3H6O3/c1-26-21-9-16-15-8-14-6-5-7-25(14)13-20(15)19-12-24(29-4)23(28-3)11-18(19)17(16)10-22(21)27-2;1-2(4)3(5)6/h9-12,14H,5-8,13H2,1-4H3;2,4H,1H3,(H,5,6). The number of ether oxygens (including phenoxy) is 4. The van der Waals surface area contributed by atoms with Crippen LogP contribution in [0.15, 0.2) is 24.3 Å². The summed E-state index contributed by atoms with van der Waals surface area (Å²) < 4.78 is 22.5. The van der Waals surface area contributed by atoms with Gasteiger partial charge in [-0.3, -0.25) is 4.90 Å². The number of aliphatic hydroxyl groups excluding tert-OH is 1. The van der Waals surface area contributed by atoms with E-state index in [1.807, 2.05) is 0 Å². The molecule has 0 spiro atoms. The van der Waals surface area contributed by atoms with Crippen LogP contribution >= 0.6 is 0 Å². The van der Waals surface area contributed by atoms with E-state index in [4.69, 9.17) is 29.2 Å². The van der Waals surface area contributed by atoms with Gasteiger partial charge >= 0.3 is 5.97 Å². The average Bonchev–Trinajstić information content (AvgIpc) is 3.34. The van der Waals surface area contributed by atoms with E-state index < -0.39 is 12.1 Å². The molecule has 3 aromatic carbocycles. The molecule has 35 heavy (non-hydrogen) atoms. The summed E-state index contributed by atoms with van der Waals surface area (Å²) in [5.41, 5.74) is 2.84. The number of hydrogen-bond donors (Lipinski definition) is 2. The topological polar surface area (TPSA) is 97.7 Å². The third-order valence-electron chi connectivity index (χ3n) is 7.01. The molecule has 1 saturated heterocycles. The smallest absolute Gasteiger partial charge is 0.332 e. The predicted molar refractivity (Wildman–Crippen MR) is 134 cm³/mol. The molecule has 2 aliphatic heterocycles. The van der Waals surface area contributed by atoms with E-state index in [9.17, 15) is 4.79 Å². The van der Waals surface area contributed by atoms with Crippen molar-refractivity contribution < 1.29 is 34.0 Å². The maximum atomic E-state index is 9.45. The number of carbonyl (C=O) groups is 1. The third kappa shape index (κ3) is 4.56. The Labute approximate surface area is 204 Å². The highest BCUT2D eigenvalue weighted by Gasteiger charge is 2.33. The minimum Gasteiger partial charge on any atom is -0.493 e. The molecule has 0 radical (unpaired) electrons. The number of hydrogen-bond acceptors (Lipinski definition) is 7. The van der Waals surface area contributed by atoms with Gasteiger partial charge in [0.05, 0.1) is 28.4 Å². The molecule has 0 saturated carbocycles. The average molecular weight is 484 g/mol. The molecule has 0 bridgehead atoms. The van der Waals surface area contributed by atoms with Gasteiger partial charge in [0, 0.05) is 12.6 Å². The summed E-state index contributed by atoms with van der Waals surface area (Å²) in [5, 5.41) is 20.6. The minimum absolute atomic E-state index is 0.636. The predicted octanol–water partition coefficient (Wildman–Crippen LogP) is 4.00. The van der Waals surface area contributed by atoms with Crippen molar-refractivity contribution in [2.75, 3.05) is 35.0 Å². The van der Waals surface area contributed by atoms with Crippen molar-refractivity contribution in [2.24, 2.45) is 0 Å². The van der Waals surface area contributed by atoms with E-state index in [2.05, 4.69) is 29.2 Å². The molecule has 188 valence electrons. The van der Waals surface area contributed by atoms with Gasteiger partial charge < -0.3 is 29.2 Å². The summed E-state index contributed by atoms with van der Waals surface area (Å²) in [5.74, 6) is 1.84. The van der Waals surface area contributed by atoms with Crippen LogP contribution in [0, 0.1) is 0 Å². The summed E-state index contributed by atoms with van der Waals surface area (Å²) in [4.78, 5) is 12.1. The van der Waals surface area contributed by atoms with E-state index in [0.29, 0.717) is 6.04 Å². The molecule has 8 heteroatoms. The van der Waals surface area contributed by atoms with Crippen molar-refractivity contribution in [1.29, 1.82) is 0 Å². The van der Waals surface area contributed by atoms with Gasteiger partial charge in [-0.1, -0.05) is 0 Å². The molecule has 0 aromatic heterocycles. The van der Waals surface area contributed by atoms with Crippen molar-refractivity contribution in [3.8, 4) is 23.0 Å². The maximum absolute atomic E-state index is 9.45. The van der Waals surface area contributed by atoms with Crippen LogP contribution in [0.4, 0.5) is 0 Å². The molecular weight excluding hydrogens is 450 g/mol. The van der Waals surface area contributed by atoms with Crippen molar-refractivity contribution >= 4 is 27.5 Å². The number of carboxylic acids is 1. The number of aliphatic hydroxyl groups is 1. The Balaban J connectivity index is 0.000000431. The fourth-order valence-corrected chi connectivity index (χ4v) is 5.22. The zero-order valence-corrected chi connectivity index (χ0v) is 20.9. The number of nitrogens with zero attached hydrogens (tertiary/aromatic N) is 1. The van der Waals surface area contributed by atoms with Gasteiger partial charge in [0.2, 0.25) is 0 Å². The summed E-state index contributed by atoms with van der Waals surface area (Å²) in [7, 11) is 6.76. The van der Waals surface area contributed by atoms with E-state index in [1.165, 1.54) is 53.6 Å². The first kappa shape index (κ1) is 24.9. The van der Waals surface area contributed by atoms with Gasteiger partial charge in [0.15, 0.2) is 23.0 Å². The monoisotopic (exact) mass is 483 g/mol. The normalized spacial score (nSPS) is 17.7. The molecule has 8 nitrogen and oxygen atoms in total. The maximum Gasteiger partial charge on any atom is 0.332 e. The van der Waals surface area contributed by atoms with Gasteiger partial charge in [-0.2, -0.15) is 0 Å². The summed E-state index contributed by atoms with van der Waals surface area (Å²) in [6.07, 6.45) is 2.40. The fraction of sp³-hybridized carbons (Fsp3) is 0.444. The number of fused-ring (bicyclic) bond motifs is 7. The van der Waals surface area contributed by atoms with Crippen LogP contribution in [0.1, 0.15) is 30.9 Å². The Hall–Kier alpha value is -3.23. The lowest BCUT2D eigenvalue weighted by atomic mass is 9.85. The molecule has 0 aliphatic carbocycles. The molecule has 5 rings (SSSR count). The zero-order valence-electron chi connectivity index (χ0n) is 20.9. The largest absolute Gasteiger partial charge is 0.493 e. The zero-order chi connectivity index (χ0) is 25.3. The number of benzene rings is 3. The van der Waals surface area contributed by atoms with Gasteiger partial charge in [-0.25, -0.2) is 4.79 Å². The molecule has 3 aromatic rings. The van der Waals surface area contributed by atoms with Gasteiger partial charge in [-0.05, 0) is 89.7 Å². The first-order valence-corrected chi connectivity index (χ1v) is 11.7. The third-order valence-corrected chi connectivity index (χ3v) is 7.01. The Morgan fingerprint density at radius 3 is 1.71 bits per heavy atom. The highest BCUT2D eigenvalue weighted by atomic mass is 16.5. The fourth-order valence-electron chi connectivity index (χ4n) is 5.22. The number of carboxylic acid groups (broad SMARTS) is 1. The van der Waals surface area contributed by atoms with Crippen LogP contribution in [0.5, 0.6) is 23.0 Å². The summed E-state index contributed by atoms with van der Waals surface area (Å²) >= 11 is 0. The lowest BCUT2D eigenvalue weighted by molar-refractivity contribution is -0.145. The van der Waals surface area contributed by atoms with E-state index in [-0.39, 0.29) is 0 Å². The van der Waals surface area contributed by atoms with Crippen LogP contribution in [0.2, 0.25) is 0 Å². The van der Waals surface area contributed by atoms with E-state index in [1.54, 1.807) is 28.4 Å². The lowest BCUT2D eigenvalue weighted by Crippen LogP contribution is -2.35. The van der Waals surface area contributed by atoms with Crippen LogP contribution in [0.3, 0.4) is 0 Å². The highest BCUT2D eigenvalue weighted by Crippen LogP contribution is 2.46. The van der Waals surface area contributed by atoms with Crippen molar-refractivity contribution in [3.05, 3.63) is 35.4 Å². The van der Waals surface area contributed by atoms with Crippen molar-refractivity contribution in [3.63, 3.8) is 0 Å². The molecule has 0 amide bonds. The first-order chi connectivity index (χ1) is 16.8. The van der Waals surface area contributed by atoms with Gasteiger partial charge in [-0.15, -0.1) is 0 Å². The second-order valence-electron chi connectivity index (χ2n) is 8.95. The number of rotatable bonds is 5. The Morgan fingerprint density at radius 1 is 0.857 bits per heavy atom. The number of aliphatic carboxylic acids is 1. The molecule has 2 aliphatic rings. The molecule has 1 fully saturated rings. The van der Waals surface area contributed by atoms with Crippen molar-refractivity contribution in [1.82, 2.24) is 4.90 Å². The SMILES string of the molecule is CC(O)C(=O)O.COc1cc2c3c(c4cc(OC)c(OC)cc4c2cc1OC)CN1CCCC1C3. The minimum atomic E-state index is -1.23. The lowest BCUT2D eigenvalue weighted by Gasteiger charge is -2.33. The first-order valence-electron chi connectivity index (χ1n) is 11.7. The van der Waals surface area contributed by atoms with E-state index in [0.717, 1.165) is 41.3 Å². The Bertz CT molecular complexity index is 1170. The second-order valence-corrected chi connectivity index (χ2v) is 8.95. The van der Waals surface area contributed by atoms with Gasteiger partial charge in [0.25, 0.3) is 0 Å². The van der Waals surface area contributed by atoms with Crippen molar-refractivity contribution in [2.45, 2.75) is 44.9 Å². The molecular formula is C27H33NO7. The molecule has 2 N–H and O–H groups in total. The second kappa shape index (κ2) is 10.2. The molecule has 2 unspecified atom stereocenters. The van der Waals surface area contributed by atoms with Crippen LogP contribution in [0.25, 0.3) is 21.5 Å². The Morgan fingerprint density at radius 2 is 1.29 bits per heavy atom.